The summed E-state index contributed by atoms with van der Waals surface area (Å²) in [5.74, 6) is 0.540. The van der Waals surface area contributed by atoms with Crippen LogP contribution in [0.4, 0.5) is 10.5 Å². The van der Waals surface area contributed by atoms with Crippen molar-refractivity contribution in [2.75, 3.05) is 31.6 Å². The molecule has 1 N–H and O–H groups in total. The number of guanidine groups is 1. The van der Waals surface area contributed by atoms with Gasteiger partial charge in [-0.1, -0.05) is 0 Å². The second-order valence-corrected chi connectivity index (χ2v) is 6.89. The molecule has 0 bridgehead atoms. The van der Waals surface area contributed by atoms with Crippen molar-refractivity contribution in [3.8, 4) is 0 Å². The molecule has 0 radical (unpaired) electrons. The highest BCUT2D eigenvalue weighted by Crippen LogP contribution is 2.29. The van der Waals surface area contributed by atoms with E-state index < -0.39 is 17.5 Å². The summed E-state index contributed by atoms with van der Waals surface area (Å²) in [7, 11) is 0. The molecule has 3 rings (SSSR count). The minimum atomic E-state index is -0.901. The number of nitrogens with zero attached hydrogens (tertiary/aromatic N) is 5. The molecule has 0 fully saturated rings. The van der Waals surface area contributed by atoms with Crippen LogP contribution in [0.2, 0.25) is 0 Å². The van der Waals surface area contributed by atoms with Gasteiger partial charge in [-0.25, -0.2) is 4.79 Å². The highest BCUT2D eigenvalue weighted by Gasteiger charge is 2.26. The van der Waals surface area contributed by atoms with Crippen LogP contribution in [0.1, 0.15) is 13.3 Å². The zero-order chi connectivity index (χ0) is 21.5. The second kappa shape index (κ2) is 10.0. The lowest BCUT2D eigenvalue weighted by atomic mass is 10.2. The summed E-state index contributed by atoms with van der Waals surface area (Å²) in [6.07, 6.45) is 1.90. The number of aliphatic imine (C=N–C) groups is 1. The van der Waals surface area contributed by atoms with E-state index in [4.69, 9.17) is 9.47 Å². The van der Waals surface area contributed by atoms with Gasteiger partial charge in [0.15, 0.2) is 6.23 Å². The third-order valence-electron chi connectivity index (χ3n) is 4.11. The summed E-state index contributed by atoms with van der Waals surface area (Å²) in [6, 6.07) is 3.70. The monoisotopic (exact) mass is 482 g/mol. The van der Waals surface area contributed by atoms with Gasteiger partial charge >= 0.3 is 6.16 Å². The second-order valence-electron chi connectivity index (χ2n) is 6.10. The summed E-state index contributed by atoms with van der Waals surface area (Å²) in [5.41, 5.74) is 2.21. The third-order valence-corrected chi connectivity index (χ3v) is 4.91. The molecular weight excluding hydrogens is 464 g/mol. The van der Waals surface area contributed by atoms with E-state index in [1.54, 1.807) is 24.2 Å². The molecule has 0 aliphatic carbocycles. The van der Waals surface area contributed by atoms with Crippen molar-refractivity contribution < 1.29 is 24.2 Å². The minimum Gasteiger partial charge on any atom is -0.434 e. The van der Waals surface area contributed by atoms with Gasteiger partial charge in [-0.15, -0.1) is 10.1 Å². The average molecular weight is 483 g/mol. The van der Waals surface area contributed by atoms with Crippen LogP contribution in [-0.2, 0) is 14.3 Å². The Morgan fingerprint density at radius 2 is 2.17 bits per heavy atom. The molecule has 12 nitrogen and oxygen atoms in total. The number of anilines is 1. The van der Waals surface area contributed by atoms with Crippen LogP contribution < -0.4 is 5.32 Å². The first-order valence-corrected chi connectivity index (χ1v) is 9.83. The van der Waals surface area contributed by atoms with E-state index >= 15 is 0 Å². The fourth-order valence-corrected chi connectivity index (χ4v) is 3.27. The summed E-state index contributed by atoms with van der Waals surface area (Å²) < 4.78 is 10.9. The molecule has 1 aromatic heterocycles. The van der Waals surface area contributed by atoms with E-state index in [9.17, 15) is 14.9 Å². The quantitative estimate of drug-likeness (QED) is 0.258. The maximum Gasteiger partial charge on any atom is 0.510 e. The van der Waals surface area contributed by atoms with Gasteiger partial charge in [0.25, 0.3) is 5.09 Å². The smallest absolute Gasteiger partial charge is 0.434 e. The van der Waals surface area contributed by atoms with Crippen molar-refractivity contribution in [1.82, 2.24) is 14.9 Å². The number of carbonyl (C=O) groups is 1. The summed E-state index contributed by atoms with van der Waals surface area (Å²) >= 11 is 3.54. The fraction of sp³-hybridized carbons (Fsp3) is 0.412. The number of benzene rings is 1. The highest BCUT2D eigenvalue weighted by molar-refractivity contribution is 9.10. The number of hydrogen-bond donors (Lipinski definition) is 1. The molecule has 0 spiro atoms. The van der Waals surface area contributed by atoms with Gasteiger partial charge in [-0.2, -0.15) is 0 Å². The molecule has 0 amide bonds. The Morgan fingerprint density at radius 3 is 2.97 bits per heavy atom. The number of rotatable bonds is 8. The number of hydrogen-bond acceptors (Lipinski definition) is 11. The first kappa shape index (κ1) is 21.5. The van der Waals surface area contributed by atoms with E-state index in [1.165, 1.54) is 0 Å². The first-order valence-electron chi connectivity index (χ1n) is 9.03. The molecule has 2 heterocycles. The van der Waals surface area contributed by atoms with Crippen molar-refractivity contribution in [2.45, 2.75) is 19.6 Å². The van der Waals surface area contributed by atoms with E-state index in [1.807, 2.05) is 12.1 Å². The van der Waals surface area contributed by atoms with Crippen LogP contribution in [0.25, 0.3) is 11.0 Å². The maximum absolute atomic E-state index is 11.8. The van der Waals surface area contributed by atoms with Crippen LogP contribution >= 0.6 is 15.9 Å². The van der Waals surface area contributed by atoms with Crippen molar-refractivity contribution in [3.05, 3.63) is 39.1 Å². The van der Waals surface area contributed by atoms with Gasteiger partial charge in [0.2, 0.25) is 5.96 Å². The number of aromatic nitrogens is 2. The molecule has 1 aromatic carbocycles. The highest BCUT2D eigenvalue weighted by atomic mass is 79.9. The Hall–Kier alpha value is -3.22. The Labute approximate surface area is 179 Å². The molecular formula is C17H19BrN6O6. The zero-order valence-corrected chi connectivity index (χ0v) is 17.6. The zero-order valence-electron chi connectivity index (χ0n) is 16.0. The third kappa shape index (κ3) is 5.43. The number of nitrogens with one attached hydrogen (secondary N) is 1. The largest absolute Gasteiger partial charge is 0.510 e. The molecule has 160 valence electrons. The van der Waals surface area contributed by atoms with Crippen LogP contribution in [0.5, 0.6) is 0 Å². The van der Waals surface area contributed by atoms with Crippen LogP contribution in [0.3, 0.4) is 0 Å². The van der Waals surface area contributed by atoms with Crippen molar-refractivity contribution in [1.29, 1.82) is 0 Å². The van der Waals surface area contributed by atoms with E-state index in [0.29, 0.717) is 24.6 Å². The van der Waals surface area contributed by atoms with E-state index in [-0.39, 0.29) is 19.6 Å². The number of carbonyl (C=O) groups excluding carboxylic acids is 1. The number of halogens is 1. The van der Waals surface area contributed by atoms with Gasteiger partial charge in [0.1, 0.15) is 5.52 Å². The lowest BCUT2D eigenvalue weighted by Crippen LogP contribution is -2.42. The van der Waals surface area contributed by atoms with Crippen LogP contribution in [-0.4, -0.2) is 64.6 Å². The molecule has 0 saturated carbocycles. The van der Waals surface area contributed by atoms with Gasteiger partial charge in [0, 0.05) is 25.4 Å². The molecule has 1 aliphatic heterocycles. The maximum atomic E-state index is 11.8. The average Bonchev–Trinajstić information content (AvgIpc) is 3.18. The van der Waals surface area contributed by atoms with Gasteiger partial charge in [-0.3, -0.25) is 15.0 Å². The topological polar surface area (TPSA) is 141 Å². The number of ether oxygens (including phenoxy) is 2. The molecule has 0 saturated heterocycles. The van der Waals surface area contributed by atoms with Crippen LogP contribution in [0.15, 0.2) is 34.0 Å². The standard InChI is InChI=1S/C17H19BrN6O6/c1-11(30-17(25)28-9-2-10-29-24(26)27)23-8-7-21-16(23)22-12-3-4-13-15(14(12)18)20-6-5-19-13/h3-6,11H,2,7-10H2,1H3,(H,21,22). The Bertz CT molecular complexity index is 957. The van der Waals surface area contributed by atoms with Gasteiger partial charge < -0.3 is 24.5 Å². The lowest BCUT2D eigenvalue weighted by Gasteiger charge is -2.27. The molecule has 1 unspecified atom stereocenters. The summed E-state index contributed by atoms with van der Waals surface area (Å²) in [5, 5.41) is 12.4. The Balaban J connectivity index is 1.54. The molecule has 30 heavy (non-hydrogen) atoms. The Morgan fingerprint density at radius 1 is 1.37 bits per heavy atom. The predicted molar refractivity (Wildman–Crippen MR) is 109 cm³/mol. The van der Waals surface area contributed by atoms with Crippen molar-refractivity contribution >= 4 is 44.8 Å². The summed E-state index contributed by atoms with van der Waals surface area (Å²) in [6.45, 7) is 2.57. The van der Waals surface area contributed by atoms with Crippen LogP contribution in [0, 0.1) is 10.1 Å². The van der Waals surface area contributed by atoms with Gasteiger partial charge in [0.05, 0.1) is 35.4 Å². The minimum absolute atomic E-state index is 0.0519. The Kier molecular flexibility index (Phi) is 7.17. The van der Waals surface area contributed by atoms with E-state index in [0.717, 1.165) is 15.7 Å². The molecule has 2 aromatic rings. The summed E-state index contributed by atoms with van der Waals surface area (Å²) in [4.78, 5) is 40.8. The van der Waals surface area contributed by atoms with E-state index in [2.05, 4.69) is 41.0 Å². The van der Waals surface area contributed by atoms with Gasteiger partial charge in [-0.05, 0) is 35.0 Å². The first-order chi connectivity index (χ1) is 14.5. The normalized spacial score (nSPS) is 14.2. The van der Waals surface area contributed by atoms with Crippen molar-refractivity contribution in [3.63, 3.8) is 0 Å². The SMILES string of the molecule is CC(OC(=O)OCCCO[N+](=O)[O-])N1CCN=C1Nc1ccc2nccnc2c1Br. The molecule has 13 heteroatoms. The fourth-order valence-electron chi connectivity index (χ4n) is 2.74. The lowest BCUT2D eigenvalue weighted by molar-refractivity contribution is -0.757. The van der Waals surface area contributed by atoms with Crippen molar-refractivity contribution in [2.24, 2.45) is 4.99 Å². The molecule has 1 aliphatic rings. The molecule has 1 atom stereocenters. The number of fused-ring (bicyclic) bond motifs is 1. The predicted octanol–water partition coefficient (Wildman–Crippen LogP) is 2.57.